The second-order valence-electron chi connectivity index (χ2n) is 5.24. The number of benzene rings is 1. The number of aromatic hydroxyl groups is 1. The minimum atomic E-state index is -0.0989. The van der Waals surface area contributed by atoms with Gasteiger partial charge in [-0.2, -0.15) is 0 Å². The number of hydrogen-bond donors (Lipinski definition) is 2. The maximum absolute atomic E-state index is 12.0. The number of carbonyl (C=O) groups is 1. The zero-order chi connectivity index (χ0) is 17.6. The van der Waals surface area contributed by atoms with Gasteiger partial charge in [-0.25, -0.2) is 0 Å². The van der Waals surface area contributed by atoms with E-state index in [1.54, 1.807) is 36.6 Å². The first-order valence-electron chi connectivity index (χ1n) is 7.82. The summed E-state index contributed by atoms with van der Waals surface area (Å²) in [5, 5.41) is 21.3. The minimum absolute atomic E-state index is 0.0989. The van der Waals surface area contributed by atoms with Crippen molar-refractivity contribution in [3.8, 4) is 17.1 Å². The van der Waals surface area contributed by atoms with Crippen LogP contribution in [0.1, 0.15) is 12.7 Å². The molecule has 3 aromatic rings. The Kier molecular flexibility index (Phi) is 5.39. The molecule has 0 aliphatic rings. The van der Waals surface area contributed by atoms with Crippen molar-refractivity contribution in [1.82, 2.24) is 20.1 Å². The van der Waals surface area contributed by atoms with Gasteiger partial charge in [0.25, 0.3) is 0 Å². The molecule has 0 radical (unpaired) electrons. The molecule has 0 aliphatic carbocycles. The number of phenols is 1. The van der Waals surface area contributed by atoms with Crippen LogP contribution >= 0.6 is 11.8 Å². The van der Waals surface area contributed by atoms with Crippen molar-refractivity contribution >= 4 is 17.7 Å². The molecular formula is C17H18N4O3S. The number of thioether (sulfide) groups is 1. The maximum Gasteiger partial charge on any atom is 0.230 e. The smallest absolute Gasteiger partial charge is 0.230 e. The number of hydrogen-bond acceptors (Lipinski definition) is 6. The summed E-state index contributed by atoms with van der Waals surface area (Å²) in [4.78, 5) is 12.0. The molecule has 0 spiro atoms. The van der Waals surface area contributed by atoms with Crippen molar-refractivity contribution in [3.63, 3.8) is 0 Å². The summed E-state index contributed by atoms with van der Waals surface area (Å²) in [6.07, 6.45) is 1.57. The highest BCUT2D eigenvalue weighted by molar-refractivity contribution is 7.99. The van der Waals surface area contributed by atoms with Crippen LogP contribution in [0.25, 0.3) is 11.4 Å². The summed E-state index contributed by atoms with van der Waals surface area (Å²) in [5.74, 6) is 1.77. The van der Waals surface area contributed by atoms with Crippen molar-refractivity contribution in [2.45, 2.75) is 25.2 Å². The van der Waals surface area contributed by atoms with E-state index in [9.17, 15) is 9.90 Å². The van der Waals surface area contributed by atoms with Crippen molar-refractivity contribution in [3.05, 3.63) is 48.4 Å². The van der Waals surface area contributed by atoms with Crippen molar-refractivity contribution in [2.24, 2.45) is 0 Å². The quantitative estimate of drug-likeness (QED) is 0.631. The van der Waals surface area contributed by atoms with E-state index < -0.39 is 0 Å². The molecule has 8 heteroatoms. The first-order valence-corrected chi connectivity index (χ1v) is 8.80. The normalized spacial score (nSPS) is 10.8. The molecule has 2 heterocycles. The van der Waals surface area contributed by atoms with E-state index in [0.29, 0.717) is 29.8 Å². The first-order chi connectivity index (χ1) is 12.2. The summed E-state index contributed by atoms with van der Waals surface area (Å²) in [7, 11) is 0. The highest BCUT2D eigenvalue weighted by Crippen LogP contribution is 2.25. The average Bonchev–Trinajstić information content (AvgIpc) is 3.28. The number of phenolic OH excluding ortho intramolecular Hbond substituents is 1. The van der Waals surface area contributed by atoms with Gasteiger partial charge >= 0.3 is 0 Å². The van der Waals surface area contributed by atoms with Gasteiger partial charge < -0.3 is 19.4 Å². The molecule has 0 saturated heterocycles. The van der Waals surface area contributed by atoms with Crippen LogP contribution in [-0.4, -0.2) is 31.5 Å². The van der Waals surface area contributed by atoms with E-state index in [2.05, 4.69) is 15.5 Å². The predicted octanol–water partition coefficient (Wildman–Crippen LogP) is 2.67. The highest BCUT2D eigenvalue weighted by Gasteiger charge is 2.14. The Balaban J connectivity index is 1.62. The van der Waals surface area contributed by atoms with Gasteiger partial charge in [0.05, 0.1) is 18.6 Å². The molecule has 3 rings (SSSR count). The Hall–Kier alpha value is -2.74. The number of nitrogens with one attached hydrogen (secondary N) is 1. The third-order valence-corrected chi connectivity index (χ3v) is 4.50. The Bertz CT molecular complexity index is 828. The molecule has 0 atom stereocenters. The number of carbonyl (C=O) groups excluding carboxylic acids is 1. The molecule has 2 aromatic heterocycles. The average molecular weight is 358 g/mol. The molecule has 2 N–H and O–H groups in total. The van der Waals surface area contributed by atoms with E-state index in [0.717, 1.165) is 5.56 Å². The minimum Gasteiger partial charge on any atom is -0.508 e. The fraction of sp³-hybridized carbons (Fsp3) is 0.235. The zero-order valence-corrected chi connectivity index (χ0v) is 14.5. The number of aromatic nitrogens is 3. The van der Waals surface area contributed by atoms with Gasteiger partial charge in [-0.15, -0.1) is 10.2 Å². The Morgan fingerprint density at radius 3 is 2.76 bits per heavy atom. The lowest BCUT2D eigenvalue weighted by Gasteiger charge is -2.07. The summed E-state index contributed by atoms with van der Waals surface area (Å²) >= 11 is 1.33. The van der Waals surface area contributed by atoms with Crippen LogP contribution in [0.4, 0.5) is 0 Å². The topological polar surface area (TPSA) is 93.2 Å². The third-order valence-electron chi connectivity index (χ3n) is 3.53. The molecule has 0 aliphatic heterocycles. The molecule has 0 saturated carbocycles. The van der Waals surface area contributed by atoms with Crippen LogP contribution in [0.2, 0.25) is 0 Å². The van der Waals surface area contributed by atoms with E-state index in [1.165, 1.54) is 11.8 Å². The molecular weight excluding hydrogens is 340 g/mol. The van der Waals surface area contributed by atoms with Crippen LogP contribution in [0, 0.1) is 0 Å². The van der Waals surface area contributed by atoms with Gasteiger partial charge in [-0.05, 0) is 43.3 Å². The van der Waals surface area contributed by atoms with Gasteiger partial charge in [-0.1, -0.05) is 11.8 Å². The van der Waals surface area contributed by atoms with Gasteiger partial charge in [0.15, 0.2) is 11.0 Å². The number of rotatable bonds is 7. The summed E-state index contributed by atoms with van der Waals surface area (Å²) in [6, 6.07) is 10.4. The molecule has 1 aromatic carbocycles. The number of nitrogens with zero attached hydrogens (tertiary/aromatic N) is 3. The first kappa shape index (κ1) is 17.1. The monoisotopic (exact) mass is 358 g/mol. The van der Waals surface area contributed by atoms with Gasteiger partial charge in [0.1, 0.15) is 11.5 Å². The van der Waals surface area contributed by atoms with E-state index in [-0.39, 0.29) is 17.4 Å². The molecule has 1 amide bonds. The Morgan fingerprint density at radius 2 is 2.08 bits per heavy atom. The summed E-state index contributed by atoms with van der Waals surface area (Å²) in [5.41, 5.74) is 0.862. The van der Waals surface area contributed by atoms with Crippen LogP contribution in [0.3, 0.4) is 0 Å². The molecule has 25 heavy (non-hydrogen) atoms. The standard InChI is InChI=1S/C17H18N4O3S/c1-2-21-16(12-5-7-13(22)8-6-12)19-20-17(21)25-11-15(23)18-10-14-4-3-9-24-14/h3-9,22H,2,10-11H2,1H3,(H,18,23). The lowest BCUT2D eigenvalue weighted by atomic mass is 10.2. The molecule has 130 valence electrons. The van der Waals surface area contributed by atoms with E-state index in [1.807, 2.05) is 17.6 Å². The maximum atomic E-state index is 12.0. The van der Waals surface area contributed by atoms with Gasteiger partial charge in [0.2, 0.25) is 5.91 Å². The van der Waals surface area contributed by atoms with Crippen molar-refractivity contribution < 1.29 is 14.3 Å². The lowest BCUT2D eigenvalue weighted by molar-refractivity contribution is -0.118. The zero-order valence-electron chi connectivity index (χ0n) is 13.7. The fourth-order valence-corrected chi connectivity index (χ4v) is 3.12. The summed E-state index contributed by atoms with van der Waals surface area (Å²) < 4.78 is 7.12. The number of amides is 1. The van der Waals surface area contributed by atoms with Crippen LogP contribution in [0.5, 0.6) is 5.75 Å². The van der Waals surface area contributed by atoms with Crippen molar-refractivity contribution in [2.75, 3.05) is 5.75 Å². The second kappa shape index (κ2) is 7.89. The largest absolute Gasteiger partial charge is 0.508 e. The third kappa shape index (κ3) is 4.21. The molecule has 0 bridgehead atoms. The Morgan fingerprint density at radius 1 is 1.28 bits per heavy atom. The van der Waals surface area contributed by atoms with Gasteiger partial charge in [0, 0.05) is 12.1 Å². The second-order valence-corrected chi connectivity index (χ2v) is 6.18. The Labute approximate surface area is 149 Å². The molecule has 7 nitrogen and oxygen atoms in total. The van der Waals surface area contributed by atoms with Crippen LogP contribution < -0.4 is 5.32 Å². The SMILES string of the molecule is CCn1c(SCC(=O)NCc2ccco2)nnc1-c1ccc(O)cc1. The molecule has 0 fully saturated rings. The predicted molar refractivity (Wildman–Crippen MR) is 94.1 cm³/mol. The van der Waals surface area contributed by atoms with Gasteiger partial charge in [-0.3, -0.25) is 4.79 Å². The fourth-order valence-electron chi connectivity index (χ4n) is 2.28. The van der Waals surface area contributed by atoms with E-state index in [4.69, 9.17) is 4.42 Å². The van der Waals surface area contributed by atoms with Crippen molar-refractivity contribution in [1.29, 1.82) is 0 Å². The lowest BCUT2D eigenvalue weighted by Crippen LogP contribution is -2.24. The number of furan rings is 1. The summed E-state index contributed by atoms with van der Waals surface area (Å²) in [6.45, 7) is 3.04. The molecule has 0 unspecified atom stereocenters. The van der Waals surface area contributed by atoms with Crippen LogP contribution in [-0.2, 0) is 17.9 Å². The van der Waals surface area contributed by atoms with E-state index >= 15 is 0 Å². The highest BCUT2D eigenvalue weighted by atomic mass is 32.2. The van der Waals surface area contributed by atoms with Crippen LogP contribution in [0.15, 0.2) is 52.2 Å².